The number of rotatable bonds is 4. The van der Waals surface area contributed by atoms with E-state index in [0.29, 0.717) is 23.1 Å². The van der Waals surface area contributed by atoms with Gasteiger partial charge in [0.2, 0.25) is 0 Å². The van der Waals surface area contributed by atoms with Crippen LogP contribution in [0.1, 0.15) is 6.92 Å². The molecule has 0 aliphatic heterocycles. The molecule has 0 saturated heterocycles. The maximum atomic E-state index is 14.3. The zero-order chi connectivity index (χ0) is 14.7. The Bertz CT molecular complexity index is 635. The highest BCUT2D eigenvalue weighted by atomic mass is 35.5. The van der Waals surface area contributed by atoms with Crippen molar-refractivity contribution >= 4 is 29.0 Å². The highest BCUT2D eigenvalue weighted by molar-refractivity contribution is 6.37. The molecule has 1 aromatic carbocycles. The summed E-state index contributed by atoms with van der Waals surface area (Å²) in [4.78, 5) is 4.30. The van der Waals surface area contributed by atoms with Gasteiger partial charge in [-0.1, -0.05) is 29.3 Å². The molecule has 0 radical (unpaired) electrons. The molecule has 0 aliphatic rings. The molecule has 0 saturated carbocycles. The third-order valence-electron chi connectivity index (χ3n) is 2.71. The number of nitrogens with one attached hydrogen (secondary N) is 1. The first-order valence-corrected chi connectivity index (χ1v) is 6.76. The fraction of sp³-hybridized carbons (Fsp3) is 0.214. The number of halogens is 3. The van der Waals surface area contributed by atoms with E-state index in [1.807, 2.05) is 6.92 Å². The molecular formula is C14H13Cl2FN2O. The molecule has 0 fully saturated rings. The second-order valence-electron chi connectivity index (χ2n) is 4.00. The first kappa shape index (κ1) is 14.9. The summed E-state index contributed by atoms with van der Waals surface area (Å²) in [5.41, 5.74) is 0.591. The summed E-state index contributed by atoms with van der Waals surface area (Å²) in [6.07, 6.45) is 0. The first-order valence-electron chi connectivity index (χ1n) is 6.01. The average molecular weight is 315 g/mol. The Kier molecular flexibility index (Phi) is 4.68. The van der Waals surface area contributed by atoms with E-state index in [1.54, 1.807) is 18.2 Å². The van der Waals surface area contributed by atoms with Gasteiger partial charge in [0.25, 0.3) is 0 Å². The van der Waals surface area contributed by atoms with Gasteiger partial charge in [0.1, 0.15) is 5.82 Å². The monoisotopic (exact) mass is 314 g/mol. The van der Waals surface area contributed by atoms with E-state index in [9.17, 15) is 4.39 Å². The largest absolute Gasteiger partial charge is 0.494 e. The molecule has 1 aromatic heterocycles. The zero-order valence-electron chi connectivity index (χ0n) is 11.0. The van der Waals surface area contributed by atoms with Gasteiger partial charge in [-0.3, -0.25) is 0 Å². The maximum absolute atomic E-state index is 14.3. The number of pyridine rings is 1. The number of hydrogen-bond donors (Lipinski definition) is 1. The standard InChI is InChI=1S/C14H13Cl2FN2O/c1-3-18-14-10(16)7-9(15)13(19-14)8-5-4-6-11(20-2)12(8)17/h4-7H,3H2,1-2H3,(H,18,19). The molecule has 6 heteroatoms. The van der Waals surface area contributed by atoms with Gasteiger partial charge in [-0.05, 0) is 25.1 Å². The molecule has 1 N–H and O–H groups in total. The van der Waals surface area contributed by atoms with Gasteiger partial charge in [-0.25, -0.2) is 9.37 Å². The molecule has 106 valence electrons. The average Bonchev–Trinajstić information content (AvgIpc) is 2.43. The summed E-state index contributed by atoms with van der Waals surface area (Å²) in [7, 11) is 1.41. The van der Waals surface area contributed by atoms with Crippen molar-refractivity contribution in [1.82, 2.24) is 4.98 Å². The summed E-state index contributed by atoms with van der Waals surface area (Å²) in [5.74, 6) is 0.102. The minimum absolute atomic E-state index is 0.139. The molecule has 2 aromatic rings. The van der Waals surface area contributed by atoms with E-state index in [4.69, 9.17) is 27.9 Å². The van der Waals surface area contributed by atoms with Gasteiger partial charge < -0.3 is 10.1 Å². The Balaban J connectivity index is 2.60. The van der Waals surface area contributed by atoms with E-state index >= 15 is 0 Å². The Morgan fingerprint density at radius 2 is 2.05 bits per heavy atom. The fourth-order valence-electron chi connectivity index (χ4n) is 1.80. The van der Waals surface area contributed by atoms with Gasteiger partial charge in [-0.15, -0.1) is 0 Å². The van der Waals surface area contributed by atoms with Crippen molar-refractivity contribution in [3.05, 3.63) is 40.1 Å². The van der Waals surface area contributed by atoms with Crippen LogP contribution in [0, 0.1) is 5.82 Å². The third kappa shape index (κ3) is 2.81. The Morgan fingerprint density at radius 3 is 2.70 bits per heavy atom. The third-order valence-corrected chi connectivity index (χ3v) is 3.29. The number of aromatic nitrogens is 1. The minimum Gasteiger partial charge on any atom is -0.494 e. The molecule has 0 bridgehead atoms. The second-order valence-corrected chi connectivity index (χ2v) is 4.82. The summed E-state index contributed by atoms with van der Waals surface area (Å²) < 4.78 is 19.2. The van der Waals surface area contributed by atoms with E-state index < -0.39 is 5.82 Å². The molecule has 2 rings (SSSR count). The molecule has 20 heavy (non-hydrogen) atoms. The molecule has 0 aliphatic carbocycles. The quantitative estimate of drug-likeness (QED) is 0.893. The minimum atomic E-state index is -0.505. The van der Waals surface area contributed by atoms with Crippen LogP contribution in [0.4, 0.5) is 10.2 Å². The normalized spacial score (nSPS) is 10.4. The van der Waals surface area contributed by atoms with Crippen molar-refractivity contribution in [2.45, 2.75) is 6.92 Å². The lowest BCUT2D eigenvalue weighted by Gasteiger charge is -2.12. The Hall–Kier alpha value is -1.52. The number of benzene rings is 1. The Morgan fingerprint density at radius 1 is 1.30 bits per heavy atom. The summed E-state index contributed by atoms with van der Waals surface area (Å²) in [5, 5.41) is 3.68. The number of ether oxygens (including phenoxy) is 1. The van der Waals surface area contributed by atoms with Crippen LogP contribution in [-0.2, 0) is 0 Å². The van der Waals surface area contributed by atoms with Crippen LogP contribution in [-0.4, -0.2) is 18.6 Å². The summed E-state index contributed by atoms with van der Waals surface area (Å²) in [6, 6.07) is 6.35. The smallest absolute Gasteiger partial charge is 0.174 e. The maximum Gasteiger partial charge on any atom is 0.174 e. The van der Waals surface area contributed by atoms with E-state index in [0.717, 1.165) is 0 Å². The van der Waals surface area contributed by atoms with Gasteiger partial charge in [-0.2, -0.15) is 0 Å². The lowest BCUT2D eigenvalue weighted by atomic mass is 10.1. The number of nitrogens with zero attached hydrogens (tertiary/aromatic N) is 1. The van der Waals surface area contributed by atoms with Crippen LogP contribution in [0.15, 0.2) is 24.3 Å². The zero-order valence-corrected chi connectivity index (χ0v) is 12.5. The van der Waals surface area contributed by atoms with Gasteiger partial charge in [0.15, 0.2) is 11.6 Å². The fourth-order valence-corrected chi connectivity index (χ4v) is 2.33. The SMILES string of the molecule is CCNc1nc(-c2cccc(OC)c2F)c(Cl)cc1Cl. The highest BCUT2D eigenvalue weighted by Crippen LogP contribution is 2.35. The highest BCUT2D eigenvalue weighted by Gasteiger charge is 2.16. The van der Waals surface area contributed by atoms with Crippen molar-refractivity contribution in [3.8, 4) is 17.0 Å². The van der Waals surface area contributed by atoms with Crippen molar-refractivity contribution in [2.24, 2.45) is 0 Å². The van der Waals surface area contributed by atoms with Crippen LogP contribution in [0.25, 0.3) is 11.3 Å². The molecular weight excluding hydrogens is 302 g/mol. The van der Waals surface area contributed by atoms with E-state index in [1.165, 1.54) is 13.2 Å². The van der Waals surface area contributed by atoms with Crippen molar-refractivity contribution < 1.29 is 9.13 Å². The molecule has 0 amide bonds. The lowest BCUT2D eigenvalue weighted by molar-refractivity contribution is 0.387. The Labute approximate surface area is 126 Å². The molecule has 0 spiro atoms. The van der Waals surface area contributed by atoms with Crippen LogP contribution >= 0.6 is 23.2 Å². The first-order chi connectivity index (χ1) is 9.58. The summed E-state index contributed by atoms with van der Waals surface area (Å²) in [6.45, 7) is 2.56. The number of hydrogen-bond acceptors (Lipinski definition) is 3. The van der Waals surface area contributed by atoms with Crippen LogP contribution in [0.2, 0.25) is 10.0 Å². The predicted molar refractivity (Wildman–Crippen MR) is 80.4 cm³/mol. The topological polar surface area (TPSA) is 34.2 Å². The molecule has 1 heterocycles. The van der Waals surface area contributed by atoms with Gasteiger partial charge >= 0.3 is 0 Å². The van der Waals surface area contributed by atoms with Crippen LogP contribution in [0.5, 0.6) is 5.75 Å². The van der Waals surface area contributed by atoms with Crippen LogP contribution in [0.3, 0.4) is 0 Å². The lowest BCUT2D eigenvalue weighted by Crippen LogP contribution is -2.02. The van der Waals surface area contributed by atoms with Gasteiger partial charge in [0.05, 0.1) is 22.8 Å². The van der Waals surface area contributed by atoms with Crippen molar-refractivity contribution in [3.63, 3.8) is 0 Å². The van der Waals surface area contributed by atoms with Crippen LogP contribution < -0.4 is 10.1 Å². The second kappa shape index (κ2) is 6.29. The molecule has 3 nitrogen and oxygen atoms in total. The van der Waals surface area contributed by atoms with E-state index in [2.05, 4.69) is 10.3 Å². The summed E-state index contributed by atoms with van der Waals surface area (Å²) >= 11 is 12.2. The van der Waals surface area contributed by atoms with Crippen molar-refractivity contribution in [2.75, 3.05) is 19.0 Å². The van der Waals surface area contributed by atoms with Gasteiger partial charge in [0, 0.05) is 12.1 Å². The number of anilines is 1. The number of methoxy groups -OCH3 is 1. The molecule has 0 unspecified atom stereocenters. The van der Waals surface area contributed by atoms with E-state index in [-0.39, 0.29) is 16.3 Å². The molecule has 0 atom stereocenters. The predicted octanol–water partition coefficient (Wildman–Crippen LogP) is 4.63. The van der Waals surface area contributed by atoms with Crippen molar-refractivity contribution in [1.29, 1.82) is 0 Å².